The van der Waals surface area contributed by atoms with Crippen LogP contribution in [0.2, 0.25) is 0 Å². The molecule has 2 amide bonds. The number of benzene rings is 2. The Morgan fingerprint density at radius 2 is 1.67 bits per heavy atom. The number of carbonyl (C=O) groups is 3. The van der Waals surface area contributed by atoms with Crippen LogP contribution in [0.3, 0.4) is 0 Å². The molecule has 0 saturated heterocycles. The standard InChI is InChI=1S/C20H16N2O4S/c1-12-4-9-16(15(11-12)20(25)26)22-18(23)13-5-7-14(8-6-13)21-19(24)17-3-2-10-27-17/h2-11H,1H3,(H,21,24)(H,22,23)(H,25,26). The first-order valence-corrected chi connectivity index (χ1v) is 8.92. The van der Waals surface area contributed by atoms with E-state index in [4.69, 9.17) is 0 Å². The molecule has 136 valence electrons. The molecule has 3 aromatic rings. The van der Waals surface area contributed by atoms with E-state index in [1.807, 2.05) is 5.38 Å². The molecule has 0 spiro atoms. The van der Waals surface area contributed by atoms with Crippen LogP contribution in [0.5, 0.6) is 0 Å². The van der Waals surface area contributed by atoms with Gasteiger partial charge in [0.25, 0.3) is 11.8 Å². The minimum atomic E-state index is -1.11. The summed E-state index contributed by atoms with van der Waals surface area (Å²) in [4.78, 5) is 36.4. The van der Waals surface area contributed by atoms with Crippen molar-refractivity contribution in [1.82, 2.24) is 0 Å². The smallest absolute Gasteiger partial charge is 0.337 e. The average molecular weight is 380 g/mol. The van der Waals surface area contributed by atoms with Crippen LogP contribution in [0.15, 0.2) is 60.0 Å². The van der Waals surface area contributed by atoms with Gasteiger partial charge in [0.1, 0.15) is 0 Å². The summed E-state index contributed by atoms with van der Waals surface area (Å²) < 4.78 is 0. The largest absolute Gasteiger partial charge is 0.478 e. The number of amides is 2. The topological polar surface area (TPSA) is 95.5 Å². The summed E-state index contributed by atoms with van der Waals surface area (Å²) in [6, 6.07) is 14.7. The highest BCUT2D eigenvalue weighted by molar-refractivity contribution is 7.12. The third kappa shape index (κ3) is 4.39. The van der Waals surface area contributed by atoms with E-state index in [0.717, 1.165) is 5.56 Å². The molecule has 0 saturated carbocycles. The van der Waals surface area contributed by atoms with E-state index in [1.165, 1.54) is 17.4 Å². The Morgan fingerprint density at radius 1 is 0.926 bits per heavy atom. The van der Waals surface area contributed by atoms with E-state index in [2.05, 4.69) is 10.6 Å². The maximum atomic E-state index is 12.4. The summed E-state index contributed by atoms with van der Waals surface area (Å²) in [6.45, 7) is 1.78. The van der Waals surface area contributed by atoms with Crippen LogP contribution in [0.25, 0.3) is 0 Å². The highest BCUT2D eigenvalue weighted by Gasteiger charge is 2.14. The molecule has 0 bridgehead atoms. The molecular formula is C20H16N2O4S. The molecule has 0 aliphatic rings. The van der Waals surface area contributed by atoms with E-state index in [0.29, 0.717) is 16.1 Å². The van der Waals surface area contributed by atoms with Gasteiger partial charge in [-0.2, -0.15) is 0 Å². The van der Waals surface area contributed by atoms with Crippen molar-refractivity contribution >= 4 is 40.5 Å². The predicted octanol–water partition coefficient (Wildman–Crippen LogP) is 4.26. The molecule has 0 radical (unpaired) electrons. The van der Waals surface area contributed by atoms with Crippen molar-refractivity contribution in [2.24, 2.45) is 0 Å². The molecule has 27 heavy (non-hydrogen) atoms. The van der Waals surface area contributed by atoms with Crippen molar-refractivity contribution in [3.8, 4) is 0 Å². The molecule has 0 unspecified atom stereocenters. The lowest BCUT2D eigenvalue weighted by Crippen LogP contribution is -2.15. The minimum Gasteiger partial charge on any atom is -0.478 e. The zero-order valence-electron chi connectivity index (χ0n) is 14.4. The summed E-state index contributed by atoms with van der Waals surface area (Å²) >= 11 is 1.34. The molecule has 3 N–H and O–H groups in total. The number of aromatic carboxylic acids is 1. The zero-order valence-corrected chi connectivity index (χ0v) is 15.2. The highest BCUT2D eigenvalue weighted by Crippen LogP contribution is 2.19. The number of hydrogen-bond acceptors (Lipinski definition) is 4. The van der Waals surface area contributed by atoms with Crippen molar-refractivity contribution in [3.63, 3.8) is 0 Å². The maximum Gasteiger partial charge on any atom is 0.337 e. The van der Waals surface area contributed by atoms with Crippen LogP contribution in [0, 0.1) is 6.92 Å². The second-order valence-electron chi connectivity index (χ2n) is 5.82. The van der Waals surface area contributed by atoms with E-state index in [9.17, 15) is 19.5 Å². The second kappa shape index (κ2) is 7.84. The van der Waals surface area contributed by atoms with Gasteiger partial charge < -0.3 is 15.7 Å². The van der Waals surface area contributed by atoms with Gasteiger partial charge in [0.2, 0.25) is 0 Å². The van der Waals surface area contributed by atoms with Crippen molar-refractivity contribution in [1.29, 1.82) is 0 Å². The van der Waals surface area contributed by atoms with Crippen molar-refractivity contribution in [2.45, 2.75) is 6.92 Å². The first-order valence-electron chi connectivity index (χ1n) is 8.04. The summed E-state index contributed by atoms with van der Waals surface area (Å²) in [7, 11) is 0. The maximum absolute atomic E-state index is 12.4. The minimum absolute atomic E-state index is 0.0307. The summed E-state index contributed by atoms with van der Waals surface area (Å²) in [5, 5.41) is 16.5. The van der Waals surface area contributed by atoms with Gasteiger partial charge in [0, 0.05) is 11.3 Å². The van der Waals surface area contributed by atoms with Gasteiger partial charge in [-0.1, -0.05) is 17.7 Å². The number of anilines is 2. The van der Waals surface area contributed by atoms with Gasteiger partial charge in [0.15, 0.2) is 0 Å². The lowest BCUT2D eigenvalue weighted by molar-refractivity contribution is 0.0697. The Labute approximate surface area is 159 Å². The van der Waals surface area contributed by atoms with Gasteiger partial charge in [-0.05, 0) is 54.8 Å². The third-order valence-corrected chi connectivity index (χ3v) is 4.67. The molecule has 6 nitrogen and oxygen atoms in total. The van der Waals surface area contributed by atoms with Crippen molar-refractivity contribution in [2.75, 3.05) is 10.6 Å². The van der Waals surface area contributed by atoms with Gasteiger partial charge in [0.05, 0.1) is 16.1 Å². The van der Waals surface area contributed by atoms with Gasteiger partial charge >= 0.3 is 5.97 Å². The quantitative estimate of drug-likeness (QED) is 0.616. The van der Waals surface area contributed by atoms with Gasteiger partial charge in [-0.25, -0.2) is 4.79 Å². The summed E-state index contributed by atoms with van der Waals surface area (Å²) in [5.74, 6) is -1.76. The van der Waals surface area contributed by atoms with Gasteiger partial charge in [-0.3, -0.25) is 9.59 Å². The van der Waals surface area contributed by atoms with E-state index < -0.39 is 11.9 Å². The predicted molar refractivity (Wildman–Crippen MR) is 105 cm³/mol. The average Bonchev–Trinajstić information content (AvgIpc) is 3.18. The lowest BCUT2D eigenvalue weighted by atomic mass is 10.1. The van der Waals surface area contributed by atoms with E-state index >= 15 is 0 Å². The molecule has 0 fully saturated rings. The normalized spacial score (nSPS) is 10.3. The van der Waals surface area contributed by atoms with Gasteiger partial charge in [-0.15, -0.1) is 11.3 Å². The number of nitrogens with one attached hydrogen (secondary N) is 2. The molecule has 0 atom stereocenters. The first-order chi connectivity index (χ1) is 12.9. The van der Waals surface area contributed by atoms with Crippen LogP contribution in [0.4, 0.5) is 11.4 Å². The van der Waals surface area contributed by atoms with Crippen LogP contribution in [-0.2, 0) is 0 Å². The fourth-order valence-corrected chi connectivity index (χ4v) is 3.06. The zero-order chi connectivity index (χ0) is 19.4. The molecule has 7 heteroatoms. The SMILES string of the molecule is Cc1ccc(NC(=O)c2ccc(NC(=O)c3cccs3)cc2)c(C(=O)O)c1. The summed E-state index contributed by atoms with van der Waals surface area (Å²) in [6.07, 6.45) is 0. The third-order valence-electron chi connectivity index (χ3n) is 3.80. The van der Waals surface area contributed by atoms with Crippen LogP contribution < -0.4 is 10.6 Å². The van der Waals surface area contributed by atoms with E-state index in [-0.39, 0.29) is 17.2 Å². The van der Waals surface area contributed by atoms with Crippen molar-refractivity contribution in [3.05, 3.63) is 81.5 Å². The van der Waals surface area contributed by atoms with Crippen LogP contribution in [-0.4, -0.2) is 22.9 Å². The number of aryl methyl sites for hydroxylation is 1. The Hall–Kier alpha value is -3.45. The monoisotopic (exact) mass is 380 g/mol. The first kappa shape index (κ1) is 18.3. The fraction of sp³-hybridized carbons (Fsp3) is 0.0500. The Kier molecular flexibility index (Phi) is 5.33. The molecule has 1 aromatic heterocycles. The number of carbonyl (C=O) groups excluding carboxylic acids is 2. The Morgan fingerprint density at radius 3 is 2.30 bits per heavy atom. The molecular weight excluding hydrogens is 364 g/mol. The Bertz CT molecular complexity index is 995. The molecule has 0 aliphatic carbocycles. The number of carboxylic acid groups (broad SMARTS) is 1. The van der Waals surface area contributed by atoms with Crippen LogP contribution in [0.1, 0.15) is 36.0 Å². The highest BCUT2D eigenvalue weighted by atomic mass is 32.1. The number of hydrogen-bond donors (Lipinski definition) is 3. The number of rotatable bonds is 5. The lowest BCUT2D eigenvalue weighted by Gasteiger charge is -2.10. The molecule has 2 aromatic carbocycles. The molecule has 3 rings (SSSR count). The van der Waals surface area contributed by atoms with Crippen LogP contribution >= 0.6 is 11.3 Å². The molecule has 1 heterocycles. The fourth-order valence-electron chi connectivity index (χ4n) is 2.44. The molecule has 0 aliphatic heterocycles. The number of carboxylic acids is 1. The van der Waals surface area contributed by atoms with E-state index in [1.54, 1.807) is 55.5 Å². The second-order valence-corrected chi connectivity index (χ2v) is 6.76. The summed E-state index contributed by atoms with van der Waals surface area (Å²) in [5.41, 5.74) is 1.96. The Balaban J connectivity index is 1.71. The number of thiophene rings is 1. The van der Waals surface area contributed by atoms with Crippen molar-refractivity contribution < 1.29 is 19.5 Å².